The maximum absolute atomic E-state index is 12.1. The second kappa shape index (κ2) is 6.65. The number of hydrogen-bond acceptors (Lipinski definition) is 2. The fraction of sp³-hybridized carbons (Fsp3) is 0.263. The standard InChI is InChI=1S/C19H21N3O/c1-14-5-3-7-16(11-14)12-20-18(23)9-10-22-19-15(2)6-4-8-17(19)13-21-22/h3-8,11,13H,9-10,12H2,1-2H3,(H,20,23). The van der Waals surface area contributed by atoms with Gasteiger partial charge in [-0.05, 0) is 25.0 Å². The van der Waals surface area contributed by atoms with Crippen LogP contribution in [0.25, 0.3) is 10.9 Å². The smallest absolute Gasteiger partial charge is 0.222 e. The summed E-state index contributed by atoms with van der Waals surface area (Å²) in [5.41, 5.74) is 4.62. The molecule has 118 valence electrons. The number of amides is 1. The minimum atomic E-state index is 0.0451. The van der Waals surface area contributed by atoms with Gasteiger partial charge >= 0.3 is 0 Å². The van der Waals surface area contributed by atoms with Gasteiger partial charge in [0, 0.05) is 18.4 Å². The Labute approximate surface area is 136 Å². The van der Waals surface area contributed by atoms with Crippen LogP contribution in [0.4, 0.5) is 0 Å². The highest BCUT2D eigenvalue weighted by molar-refractivity contribution is 5.82. The fourth-order valence-electron chi connectivity index (χ4n) is 2.82. The van der Waals surface area contributed by atoms with Crippen molar-refractivity contribution in [3.8, 4) is 0 Å². The van der Waals surface area contributed by atoms with Crippen LogP contribution in [0.15, 0.2) is 48.7 Å². The Morgan fingerprint density at radius 3 is 2.83 bits per heavy atom. The number of nitrogens with one attached hydrogen (secondary N) is 1. The highest BCUT2D eigenvalue weighted by Crippen LogP contribution is 2.17. The van der Waals surface area contributed by atoms with Gasteiger partial charge in [0.2, 0.25) is 5.91 Å². The zero-order chi connectivity index (χ0) is 16.2. The lowest BCUT2D eigenvalue weighted by Crippen LogP contribution is -2.24. The number of nitrogens with zero attached hydrogens (tertiary/aromatic N) is 2. The molecule has 2 aromatic carbocycles. The van der Waals surface area contributed by atoms with Gasteiger partial charge < -0.3 is 5.32 Å². The first kappa shape index (κ1) is 15.3. The first-order chi connectivity index (χ1) is 11.1. The molecule has 4 nitrogen and oxygen atoms in total. The highest BCUT2D eigenvalue weighted by Gasteiger charge is 2.07. The van der Waals surface area contributed by atoms with E-state index >= 15 is 0 Å². The third kappa shape index (κ3) is 3.59. The van der Waals surface area contributed by atoms with E-state index in [4.69, 9.17) is 0 Å². The van der Waals surface area contributed by atoms with Gasteiger partial charge in [-0.15, -0.1) is 0 Å². The molecule has 23 heavy (non-hydrogen) atoms. The summed E-state index contributed by atoms with van der Waals surface area (Å²) in [6.45, 7) is 5.28. The fourth-order valence-corrected chi connectivity index (χ4v) is 2.82. The quantitative estimate of drug-likeness (QED) is 0.785. The molecule has 3 aromatic rings. The molecule has 0 spiro atoms. The van der Waals surface area contributed by atoms with Gasteiger partial charge in [-0.1, -0.05) is 48.0 Å². The number of rotatable bonds is 5. The zero-order valence-corrected chi connectivity index (χ0v) is 13.5. The lowest BCUT2D eigenvalue weighted by molar-refractivity contribution is -0.121. The molecule has 0 radical (unpaired) electrons. The van der Waals surface area contributed by atoms with Crippen molar-refractivity contribution in [3.05, 3.63) is 65.4 Å². The molecule has 4 heteroatoms. The van der Waals surface area contributed by atoms with E-state index in [-0.39, 0.29) is 5.91 Å². The molecule has 1 N–H and O–H groups in total. The Hall–Kier alpha value is -2.62. The molecule has 0 saturated heterocycles. The van der Waals surface area contributed by atoms with Gasteiger partial charge in [0.05, 0.1) is 18.3 Å². The average molecular weight is 307 g/mol. The molecule has 0 atom stereocenters. The van der Waals surface area contributed by atoms with E-state index in [0.29, 0.717) is 19.5 Å². The van der Waals surface area contributed by atoms with Gasteiger partial charge in [0.25, 0.3) is 0 Å². The van der Waals surface area contributed by atoms with E-state index in [1.54, 1.807) is 0 Å². The molecule has 0 fully saturated rings. The summed E-state index contributed by atoms with van der Waals surface area (Å²) in [6.07, 6.45) is 2.28. The number of aromatic nitrogens is 2. The summed E-state index contributed by atoms with van der Waals surface area (Å²) in [5.74, 6) is 0.0451. The summed E-state index contributed by atoms with van der Waals surface area (Å²) in [6, 6.07) is 14.3. The number of carbonyl (C=O) groups is 1. The Bertz CT molecular complexity index is 836. The van der Waals surface area contributed by atoms with Crippen LogP contribution in [0.3, 0.4) is 0 Å². The first-order valence-electron chi connectivity index (χ1n) is 7.87. The number of aryl methyl sites for hydroxylation is 3. The summed E-state index contributed by atoms with van der Waals surface area (Å²) in [7, 11) is 0. The van der Waals surface area contributed by atoms with Gasteiger partial charge in [-0.3, -0.25) is 9.48 Å². The van der Waals surface area contributed by atoms with Crippen LogP contribution in [-0.2, 0) is 17.9 Å². The van der Waals surface area contributed by atoms with Gasteiger partial charge in [0.15, 0.2) is 0 Å². The van der Waals surface area contributed by atoms with Crippen LogP contribution in [0.2, 0.25) is 0 Å². The summed E-state index contributed by atoms with van der Waals surface area (Å²) in [4.78, 5) is 12.1. The molecule has 3 rings (SSSR count). The number of hydrogen-bond donors (Lipinski definition) is 1. The number of carbonyl (C=O) groups excluding carboxylic acids is 1. The Balaban J connectivity index is 1.58. The minimum Gasteiger partial charge on any atom is -0.352 e. The monoisotopic (exact) mass is 307 g/mol. The molecule has 0 aliphatic rings. The molecule has 1 heterocycles. The molecule has 1 aromatic heterocycles. The minimum absolute atomic E-state index is 0.0451. The predicted octanol–water partition coefficient (Wildman–Crippen LogP) is 3.36. The first-order valence-corrected chi connectivity index (χ1v) is 7.87. The lowest BCUT2D eigenvalue weighted by atomic mass is 10.1. The van der Waals surface area contributed by atoms with Crippen molar-refractivity contribution >= 4 is 16.8 Å². The maximum Gasteiger partial charge on any atom is 0.222 e. The van der Waals surface area contributed by atoms with Crippen molar-refractivity contribution in [2.75, 3.05) is 0 Å². The highest BCUT2D eigenvalue weighted by atomic mass is 16.1. The normalized spacial score (nSPS) is 10.9. The second-order valence-electron chi connectivity index (χ2n) is 5.90. The van der Waals surface area contributed by atoms with Gasteiger partial charge in [-0.2, -0.15) is 5.10 Å². The molecule has 1 amide bonds. The van der Waals surface area contributed by atoms with E-state index < -0.39 is 0 Å². The van der Waals surface area contributed by atoms with Crippen molar-refractivity contribution in [2.24, 2.45) is 0 Å². The van der Waals surface area contributed by atoms with Crippen molar-refractivity contribution in [3.63, 3.8) is 0 Å². The van der Waals surface area contributed by atoms with Gasteiger partial charge in [-0.25, -0.2) is 0 Å². The topological polar surface area (TPSA) is 46.9 Å². The largest absolute Gasteiger partial charge is 0.352 e. The van der Waals surface area contributed by atoms with Crippen LogP contribution in [0.5, 0.6) is 0 Å². The summed E-state index contributed by atoms with van der Waals surface area (Å²) >= 11 is 0. The molecule has 0 unspecified atom stereocenters. The van der Waals surface area contributed by atoms with Crippen molar-refractivity contribution in [2.45, 2.75) is 33.4 Å². The van der Waals surface area contributed by atoms with Crippen LogP contribution in [-0.4, -0.2) is 15.7 Å². The molecular formula is C19H21N3O. The van der Waals surface area contributed by atoms with E-state index in [9.17, 15) is 4.79 Å². The molecule has 0 aliphatic carbocycles. The summed E-state index contributed by atoms with van der Waals surface area (Å²) in [5, 5.41) is 8.48. The lowest BCUT2D eigenvalue weighted by Gasteiger charge is -2.08. The third-order valence-corrected chi connectivity index (χ3v) is 3.99. The van der Waals surface area contributed by atoms with Gasteiger partial charge in [0.1, 0.15) is 0 Å². The van der Waals surface area contributed by atoms with E-state index in [1.165, 1.54) is 11.1 Å². The maximum atomic E-state index is 12.1. The molecule has 0 aliphatic heterocycles. The van der Waals surface area contributed by atoms with Crippen LogP contribution in [0, 0.1) is 13.8 Å². The third-order valence-electron chi connectivity index (χ3n) is 3.99. The molecule has 0 saturated carbocycles. The van der Waals surface area contributed by atoms with E-state index in [0.717, 1.165) is 16.5 Å². The van der Waals surface area contributed by atoms with Crippen LogP contribution in [0.1, 0.15) is 23.1 Å². The number of fused-ring (bicyclic) bond motifs is 1. The Morgan fingerprint density at radius 2 is 2.00 bits per heavy atom. The predicted molar refractivity (Wildman–Crippen MR) is 92.1 cm³/mol. The number of para-hydroxylation sites is 1. The van der Waals surface area contributed by atoms with Crippen molar-refractivity contribution < 1.29 is 4.79 Å². The molecule has 0 bridgehead atoms. The van der Waals surface area contributed by atoms with Crippen LogP contribution >= 0.6 is 0 Å². The van der Waals surface area contributed by atoms with E-state index in [2.05, 4.69) is 42.5 Å². The second-order valence-corrected chi connectivity index (χ2v) is 5.90. The van der Waals surface area contributed by atoms with Crippen molar-refractivity contribution in [1.82, 2.24) is 15.1 Å². The van der Waals surface area contributed by atoms with Crippen LogP contribution < -0.4 is 5.32 Å². The van der Waals surface area contributed by atoms with E-state index in [1.807, 2.05) is 35.1 Å². The number of benzene rings is 2. The average Bonchev–Trinajstić information content (AvgIpc) is 2.96. The summed E-state index contributed by atoms with van der Waals surface area (Å²) < 4.78 is 1.91. The zero-order valence-electron chi connectivity index (χ0n) is 13.5. The van der Waals surface area contributed by atoms with Crippen molar-refractivity contribution in [1.29, 1.82) is 0 Å². The Morgan fingerprint density at radius 1 is 1.17 bits per heavy atom. The molecular weight excluding hydrogens is 286 g/mol. The Kier molecular flexibility index (Phi) is 4.42. The SMILES string of the molecule is Cc1cccc(CNC(=O)CCn2ncc3cccc(C)c32)c1.